The van der Waals surface area contributed by atoms with Crippen molar-refractivity contribution >= 4 is 0 Å². The van der Waals surface area contributed by atoms with Crippen LogP contribution in [-0.2, 0) is 0 Å². The van der Waals surface area contributed by atoms with Crippen LogP contribution in [0.5, 0.6) is 17.4 Å². The van der Waals surface area contributed by atoms with Crippen LogP contribution in [0.1, 0.15) is 29.7 Å². The maximum atomic E-state index is 9.56. The zero-order chi connectivity index (χ0) is 17.3. The Kier molecular flexibility index (Phi) is 4.04. The van der Waals surface area contributed by atoms with Crippen LogP contribution in [0.3, 0.4) is 0 Å². The van der Waals surface area contributed by atoms with Gasteiger partial charge in [0.15, 0.2) is 11.5 Å². The molecular formula is C17H18N4O3. The van der Waals surface area contributed by atoms with Crippen molar-refractivity contribution in [3.05, 3.63) is 46.5 Å². The average molecular weight is 326 g/mol. The molecule has 0 radical (unpaired) electrons. The largest absolute Gasteiger partial charge is 0.493 e. The fourth-order valence-corrected chi connectivity index (χ4v) is 2.87. The summed E-state index contributed by atoms with van der Waals surface area (Å²) in [5.74, 6) is 1.33. The molecule has 1 aliphatic heterocycles. The van der Waals surface area contributed by atoms with Gasteiger partial charge in [0.05, 0.1) is 19.6 Å². The zero-order valence-corrected chi connectivity index (χ0v) is 13.7. The second-order valence-electron chi connectivity index (χ2n) is 5.34. The maximum Gasteiger partial charge on any atom is 0.244 e. The predicted molar refractivity (Wildman–Crippen MR) is 86.8 cm³/mol. The van der Waals surface area contributed by atoms with Crippen molar-refractivity contribution in [2.75, 3.05) is 13.7 Å². The molecule has 7 heteroatoms. The van der Waals surface area contributed by atoms with Crippen LogP contribution in [0.4, 0.5) is 0 Å². The smallest absolute Gasteiger partial charge is 0.244 e. The van der Waals surface area contributed by atoms with Crippen LogP contribution in [0.2, 0.25) is 0 Å². The number of aryl methyl sites for hydroxylation is 1. The quantitative estimate of drug-likeness (QED) is 0.893. The number of hydrogen-bond acceptors (Lipinski definition) is 6. The molecule has 2 aromatic rings. The van der Waals surface area contributed by atoms with Gasteiger partial charge in [-0.25, -0.2) is 0 Å². The Morgan fingerprint density at radius 3 is 2.88 bits per heavy atom. The number of benzene rings is 1. The van der Waals surface area contributed by atoms with Crippen molar-refractivity contribution in [1.82, 2.24) is 10.2 Å². The van der Waals surface area contributed by atoms with Gasteiger partial charge >= 0.3 is 0 Å². The Morgan fingerprint density at radius 2 is 2.21 bits per heavy atom. The second kappa shape index (κ2) is 6.16. The molecular weight excluding hydrogens is 308 g/mol. The summed E-state index contributed by atoms with van der Waals surface area (Å²) in [6, 6.07) is 7.72. The number of rotatable bonds is 4. The normalized spacial score (nSPS) is 16.2. The van der Waals surface area contributed by atoms with E-state index in [0.717, 1.165) is 16.8 Å². The summed E-state index contributed by atoms with van der Waals surface area (Å²) in [5, 5.41) is 16.6. The third-order valence-corrected chi connectivity index (χ3v) is 3.95. The summed E-state index contributed by atoms with van der Waals surface area (Å²) < 4.78 is 16.4. The van der Waals surface area contributed by atoms with E-state index in [1.807, 2.05) is 32.0 Å². The van der Waals surface area contributed by atoms with Crippen molar-refractivity contribution in [1.29, 1.82) is 5.26 Å². The van der Waals surface area contributed by atoms with E-state index in [-0.39, 0.29) is 11.8 Å². The number of nitrogens with zero attached hydrogens (tertiary/aromatic N) is 2. The first kappa shape index (κ1) is 15.7. The van der Waals surface area contributed by atoms with Gasteiger partial charge in [-0.2, -0.15) is 5.26 Å². The second-order valence-corrected chi connectivity index (χ2v) is 5.34. The summed E-state index contributed by atoms with van der Waals surface area (Å²) >= 11 is 0. The summed E-state index contributed by atoms with van der Waals surface area (Å²) in [6.45, 7) is 4.32. The number of nitrogens with one attached hydrogen (secondary N) is 1. The van der Waals surface area contributed by atoms with E-state index in [2.05, 4.69) is 16.3 Å². The highest BCUT2D eigenvalue weighted by atomic mass is 16.5. The third kappa shape index (κ3) is 2.42. The Hall–Kier alpha value is -3.14. The molecule has 1 unspecified atom stereocenters. The van der Waals surface area contributed by atoms with Crippen LogP contribution < -0.4 is 19.9 Å². The first-order valence-corrected chi connectivity index (χ1v) is 7.53. The number of aromatic amines is 1. The molecule has 7 nitrogen and oxygen atoms in total. The number of H-pyrrole nitrogens is 1. The molecule has 1 aromatic carbocycles. The molecule has 1 atom stereocenters. The molecule has 1 aromatic heterocycles. The van der Waals surface area contributed by atoms with Gasteiger partial charge in [0.2, 0.25) is 11.8 Å². The van der Waals surface area contributed by atoms with Crippen LogP contribution in [0.25, 0.3) is 0 Å². The highest BCUT2D eigenvalue weighted by Gasteiger charge is 2.34. The van der Waals surface area contributed by atoms with Gasteiger partial charge in [-0.3, -0.25) is 5.10 Å². The van der Waals surface area contributed by atoms with E-state index >= 15 is 0 Å². The van der Waals surface area contributed by atoms with Gasteiger partial charge in [-0.15, -0.1) is 5.10 Å². The molecule has 0 saturated carbocycles. The average Bonchev–Trinajstić information content (AvgIpc) is 2.95. The van der Waals surface area contributed by atoms with Gasteiger partial charge in [0.1, 0.15) is 11.6 Å². The molecule has 0 aliphatic carbocycles. The number of nitrogens with two attached hydrogens (primary N) is 1. The molecule has 3 N–H and O–H groups in total. The minimum absolute atomic E-state index is 0.0642. The molecule has 0 amide bonds. The van der Waals surface area contributed by atoms with Gasteiger partial charge in [-0.1, -0.05) is 6.07 Å². The Labute approximate surface area is 139 Å². The number of allylic oxidation sites excluding steroid dienone is 1. The molecule has 24 heavy (non-hydrogen) atoms. The van der Waals surface area contributed by atoms with E-state index in [1.54, 1.807) is 7.11 Å². The minimum atomic E-state index is -0.373. The lowest BCUT2D eigenvalue weighted by molar-refractivity contribution is 0.310. The highest BCUT2D eigenvalue weighted by molar-refractivity contribution is 5.57. The highest BCUT2D eigenvalue weighted by Crippen LogP contribution is 2.44. The first-order chi connectivity index (χ1) is 11.6. The van der Waals surface area contributed by atoms with E-state index in [4.69, 9.17) is 19.9 Å². The zero-order valence-electron chi connectivity index (χ0n) is 13.7. The van der Waals surface area contributed by atoms with E-state index in [1.165, 1.54) is 0 Å². The summed E-state index contributed by atoms with van der Waals surface area (Å²) in [5.41, 5.74) is 8.73. The number of hydrogen-bond donors (Lipinski definition) is 2. The monoisotopic (exact) mass is 326 g/mol. The Bertz CT molecular complexity index is 848. The third-order valence-electron chi connectivity index (χ3n) is 3.95. The summed E-state index contributed by atoms with van der Waals surface area (Å²) in [6.07, 6.45) is 0. The lowest BCUT2D eigenvalue weighted by Gasteiger charge is -2.24. The molecule has 1 aliphatic rings. The number of ether oxygens (including phenoxy) is 3. The van der Waals surface area contributed by atoms with E-state index in [0.29, 0.717) is 29.6 Å². The molecule has 0 saturated heterocycles. The van der Waals surface area contributed by atoms with Crippen molar-refractivity contribution in [2.45, 2.75) is 19.8 Å². The molecule has 2 heterocycles. The van der Waals surface area contributed by atoms with Gasteiger partial charge in [-0.05, 0) is 31.5 Å². The molecule has 3 rings (SSSR count). The van der Waals surface area contributed by atoms with Crippen LogP contribution in [0, 0.1) is 18.3 Å². The lowest BCUT2D eigenvalue weighted by Crippen LogP contribution is -2.21. The predicted octanol–water partition coefficient (Wildman–Crippen LogP) is 2.34. The number of methoxy groups -OCH3 is 1. The van der Waals surface area contributed by atoms with Crippen molar-refractivity contribution < 1.29 is 14.2 Å². The maximum absolute atomic E-state index is 9.56. The van der Waals surface area contributed by atoms with Crippen LogP contribution in [-0.4, -0.2) is 23.9 Å². The van der Waals surface area contributed by atoms with Gasteiger partial charge in [0, 0.05) is 11.3 Å². The summed E-state index contributed by atoms with van der Waals surface area (Å²) in [4.78, 5) is 0. The van der Waals surface area contributed by atoms with Crippen molar-refractivity contribution in [3.8, 4) is 23.4 Å². The standard InChI is InChI=1S/C17H18N4O3/c1-4-23-12-6-5-10(7-13(12)22-3)15-11(8-18)16(19)24-17-14(15)9(2)20-21-17/h5-7,15H,4,19H2,1-3H3,(H,20,21). The first-order valence-electron chi connectivity index (χ1n) is 7.53. The SMILES string of the molecule is CCOc1ccc(C2C(C#N)=C(N)Oc3n[nH]c(C)c32)cc1OC. The Morgan fingerprint density at radius 1 is 1.42 bits per heavy atom. The van der Waals surface area contributed by atoms with Gasteiger partial charge < -0.3 is 19.9 Å². The van der Waals surface area contributed by atoms with Crippen molar-refractivity contribution in [2.24, 2.45) is 5.73 Å². The summed E-state index contributed by atoms with van der Waals surface area (Å²) in [7, 11) is 1.58. The topological polar surface area (TPSA) is 106 Å². The molecule has 0 bridgehead atoms. The van der Waals surface area contributed by atoms with Crippen molar-refractivity contribution in [3.63, 3.8) is 0 Å². The van der Waals surface area contributed by atoms with E-state index < -0.39 is 0 Å². The molecule has 0 spiro atoms. The van der Waals surface area contributed by atoms with Gasteiger partial charge in [0.25, 0.3) is 0 Å². The molecule has 124 valence electrons. The van der Waals surface area contributed by atoms with Crippen LogP contribution in [0.15, 0.2) is 29.7 Å². The molecule has 0 fully saturated rings. The minimum Gasteiger partial charge on any atom is -0.493 e. The Balaban J connectivity index is 2.16. The number of aromatic nitrogens is 2. The lowest BCUT2D eigenvalue weighted by atomic mass is 9.84. The van der Waals surface area contributed by atoms with E-state index in [9.17, 15) is 5.26 Å². The fourth-order valence-electron chi connectivity index (χ4n) is 2.87. The number of nitriles is 1. The fraction of sp³-hybridized carbons (Fsp3) is 0.294. The number of fused-ring (bicyclic) bond motifs is 1. The van der Waals surface area contributed by atoms with Crippen LogP contribution >= 0.6 is 0 Å².